The third kappa shape index (κ3) is 4.96. The highest BCUT2D eigenvalue weighted by Crippen LogP contribution is 2.29. The number of benzene rings is 1. The molecule has 7 nitrogen and oxygen atoms in total. The summed E-state index contributed by atoms with van der Waals surface area (Å²) >= 11 is 0. The molecule has 0 saturated carbocycles. The van der Waals surface area contributed by atoms with Crippen molar-refractivity contribution in [2.75, 3.05) is 36.5 Å². The molecule has 1 saturated heterocycles. The van der Waals surface area contributed by atoms with Crippen LogP contribution in [-0.4, -0.2) is 42.2 Å². The number of nitriles is 1. The van der Waals surface area contributed by atoms with Crippen molar-refractivity contribution < 1.29 is 18.3 Å². The van der Waals surface area contributed by atoms with Gasteiger partial charge in [-0.05, 0) is 31.2 Å². The van der Waals surface area contributed by atoms with E-state index in [4.69, 9.17) is 4.74 Å². The lowest BCUT2D eigenvalue weighted by atomic mass is 10.0. The maximum Gasteiger partial charge on any atom is 0.263 e. The van der Waals surface area contributed by atoms with Gasteiger partial charge in [-0.2, -0.15) is 5.26 Å². The Balaban J connectivity index is 1.60. The molecule has 0 spiro atoms. The molecule has 0 atom stereocenters. The van der Waals surface area contributed by atoms with Crippen molar-refractivity contribution in [2.24, 2.45) is 0 Å². The first-order chi connectivity index (χ1) is 16.0. The van der Waals surface area contributed by atoms with Crippen LogP contribution in [0, 0.1) is 18.3 Å². The van der Waals surface area contributed by atoms with Crippen molar-refractivity contribution in [2.45, 2.75) is 13.3 Å². The molecule has 3 heterocycles. The number of hydrogen-bond donors (Lipinski definition) is 1. The number of anilines is 2. The van der Waals surface area contributed by atoms with E-state index in [1.807, 2.05) is 11.8 Å². The predicted molar refractivity (Wildman–Crippen MR) is 119 cm³/mol. The number of halogens is 2. The Bertz CT molecular complexity index is 1220. The van der Waals surface area contributed by atoms with E-state index >= 15 is 0 Å². The second-order valence-electron chi connectivity index (χ2n) is 7.54. The van der Waals surface area contributed by atoms with Gasteiger partial charge in [0.05, 0.1) is 30.7 Å². The van der Waals surface area contributed by atoms with Gasteiger partial charge in [0.15, 0.2) is 0 Å². The van der Waals surface area contributed by atoms with Gasteiger partial charge in [-0.15, -0.1) is 0 Å². The topological polar surface area (TPSA) is 91.1 Å². The summed E-state index contributed by atoms with van der Waals surface area (Å²) in [6, 6.07) is 11.0. The van der Waals surface area contributed by atoms with Crippen LogP contribution in [0.4, 0.5) is 20.3 Å². The summed E-state index contributed by atoms with van der Waals surface area (Å²) in [4.78, 5) is 23.5. The third-order valence-corrected chi connectivity index (χ3v) is 5.35. The van der Waals surface area contributed by atoms with Gasteiger partial charge in [-0.1, -0.05) is 12.1 Å². The molecule has 0 aliphatic carbocycles. The highest BCUT2D eigenvalue weighted by molar-refractivity contribution is 6.04. The van der Waals surface area contributed by atoms with Crippen LogP contribution in [0.1, 0.15) is 33.6 Å². The van der Waals surface area contributed by atoms with E-state index in [0.717, 1.165) is 6.07 Å². The molecule has 1 aliphatic heterocycles. The van der Waals surface area contributed by atoms with Gasteiger partial charge >= 0.3 is 0 Å². The second-order valence-corrected chi connectivity index (χ2v) is 7.54. The van der Waals surface area contributed by atoms with Gasteiger partial charge in [0, 0.05) is 47.2 Å². The summed E-state index contributed by atoms with van der Waals surface area (Å²) in [6.45, 7) is 4.30. The zero-order valence-corrected chi connectivity index (χ0v) is 17.9. The van der Waals surface area contributed by atoms with E-state index in [1.54, 1.807) is 18.3 Å². The van der Waals surface area contributed by atoms with E-state index in [1.165, 1.54) is 24.4 Å². The lowest BCUT2D eigenvalue weighted by Gasteiger charge is -2.28. The SMILES string of the molecule is Cc1ncc(NC(=O)c2cccc(C(F)F)c2)cc1-c1cnc(N2CCOCC2)c(C#N)c1. The number of pyridine rings is 2. The number of carbonyl (C=O) groups excluding carboxylic acids is 1. The van der Waals surface area contributed by atoms with E-state index < -0.39 is 12.3 Å². The van der Waals surface area contributed by atoms with E-state index in [-0.39, 0.29) is 11.1 Å². The third-order valence-electron chi connectivity index (χ3n) is 5.35. The molecule has 168 valence electrons. The highest BCUT2D eigenvalue weighted by atomic mass is 19.3. The summed E-state index contributed by atoms with van der Waals surface area (Å²) in [6.07, 6.45) is 0.509. The average molecular weight is 449 g/mol. The Hall–Kier alpha value is -3.90. The number of nitrogens with zero attached hydrogens (tertiary/aromatic N) is 4. The lowest BCUT2D eigenvalue weighted by molar-refractivity contribution is 0.102. The fourth-order valence-electron chi connectivity index (χ4n) is 3.63. The van der Waals surface area contributed by atoms with Crippen LogP contribution >= 0.6 is 0 Å². The molecule has 2 aromatic heterocycles. The minimum absolute atomic E-state index is 0.123. The first-order valence-corrected chi connectivity index (χ1v) is 10.4. The Morgan fingerprint density at radius 3 is 2.70 bits per heavy atom. The van der Waals surface area contributed by atoms with Gasteiger partial charge in [0.25, 0.3) is 12.3 Å². The molecule has 1 aliphatic rings. The molecule has 1 amide bonds. The maximum absolute atomic E-state index is 13.0. The number of hydrogen-bond acceptors (Lipinski definition) is 6. The molecular formula is C24H21F2N5O2. The summed E-state index contributed by atoms with van der Waals surface area (Å²) in [5.74, 6) is 0.0890. The van der Waals surface area contributed by atoms with E-state index in [9.17, 15) is 18.8 Å². The van der Waals surface area contributed by atoms with Crippen LogP contribution in [0.3, 0.4) is 0 Å². The number of nitrogens with one attached hydrogen (secondary N) is 1. The first kappa shape index (κ1) is 22.3. The monoisotopic (exact) mass is 449 g/mol. The van der Waals surface area contributed by atoms with Crippen molar-refractivity contribution in [1.29, 1.82) is 5.26 Å². The molecule has 33 heavy (non-hydrogen) atoms. The number of alkyl halides is 2. The number of aromatic nitrogens is 2. The van der Waals surface area contributed by atoms with Crippen LogP contribution in [0.2, 0.25) is 0 Å². The molecule has 0 radical (unpaired) electrons. The summed E-state index contributed by atoms with van der Waals surface area (Å²) in [5.41, 5.74) is 2.82. The molecule has 3 aromatic rings. The smallest absolute Gasteiger partial charge is 0.263 e. The van der Waals surface area contributed by atoms with Crippen LogP contribution in [-0.2, 0) is 4.74 Å². The maximum atomic E-state index is 13.0. The fraction of sp³-hybridized carbons (Fsp3) is 0.250. The van der Waals surface area contributed by atoms with Crippen molar-refractivity contribution in [3.05, 3.63) is 71.2 Å². The fourth-order valence-corrected chi connectivity index (χ4v) is 3.63. The molecule has 4 rings (SSSR count). The van der Waals surface area contributed by atoms with Gasteiger partial charge in [-0.25, -0.2) is 13.8 Å². The minimum atomic E-state index is -2.66. The number of morpholine rings is 1. The van der Waals surface area contributed by atoms with E-state index in [2.05, 4.69) is 21.4 Å². The predicted octanol–water partition coefficient (Wildman–Crippen LogP) is 4.35. The number of carbonyl (C=O) groups is 1. The van der Waals surface area contributed by atoms with Crippen molar-refractivity contribution in [3.63, 3.8) is 0 Å². The average Bonchev–Trinajstić information content (AvgIpc) is 2.85. The van der Waals surface area contributed by atoms with Crippen LogP contribution in [0.15, 0.2) is 48.8 Å². The quantitative estimate of drug-likeness (QED) is 0.623. The number of aryl methyl sites for hydroxylation is 1. The number of amides is 1. The zero-order valence-electron chi connectivity index (χ0n) is 17.9. The summed E-state index contributed by atoms with van der Waals surface area (Å²) < 4.78 is 31.3. The van der Waals surface area contributed by atoms with E-state index in [0.29, 0.717) is 60.2 Å². The standard InChI is InChI=1S/C24H21F2N5O2/c1-15-21(19-10-18(12-27)23(29-13-19)31-5-7-33-8-6-31)11-20(14-28-15)30-24(32)17-4-2-3-16(9-17)22(25)26/h2-4,9-11,13-14,22H,5-8H2,1H3,(H,30,32). The summed E-state index contributed by atoms with van der Waals surface area (Å²) in [5, 5.41) is 12.4. The van der Waals surface area contributed by atoms with Gasteiger partial charge in [-0.3, -0.25) is 9.78 Å². The normalized spacial score (nSPS) is 13.6. The van der Waals surface area contributed by atoms with Gasteiger partial charge in [0.1, 0.15) is 11.9 Å². The van der Waals surface area contributed by atoms with Crippen molar-refractivity contribution in [1.82, 2.24) is 9.97 Å². The second kappa shape index (κ2) is 9.71. The molecule has 1 aromatic carbocycles. The minimum Gasteiger partial charge on any atom is -0.378 e. The Morgan fingerprint density at radius 2 is 1.97 bits per heavy atom. The molecule has 1 N–H and O–H groups in total. The molecule has 0 unspecified atom stereocenters. The Labute approximate surface area is 189 Å². The largest absolute Gasteiger partial charge is 0.378 e. The molecule has 9 heteroatoms. The Morgan fingerprint density at radius 1 is 1.18 bits per heavy atom. The van der Waals surface area contributed by atoms with Crippen LogP contribution in [0.25, 0.3) is 11.1 Å². The van der Waals surface area contributed by atoms with Gasteiger partial charge in [0.2, 0.25) is 0 Å². The zero-order chi connectivity index (χ0) is 23.4. The lowest BCUT2D eigenvalue weighted by Crippen LogP contribution is -2.37. The van der Waals surface area contributed by atoms with Crippen molar-refractivity contribution in [3.8, 4) is 17.2 Å². The Kier molecular flexibility index (Phi) is 6.56. The van der Waals surface area contributed by atoms with Crippen LogP contribution < -0.4 is 10.2 Å². The van der Waals surface area contributed by atoms with Crippen molar-refractivity contribution >= 4 is 17.4 Å². The summed E-state index contributed by atoms with van der Waals surface area (Å²) in [7, 11) is 0. The molecule has 1 fully saturated rings. The number of rotatable bonds is 5. The first-order valence-electron chi connectivity index (χ1n) is 10.4. The number of ether oxygens (including phenoxy) is 1. The highest BCUT2D eigenvalue weighted by Gasteiger charge is 2.18. The molecular weight excluding hydrogens is 428 g/mol. The van der Waals surface area contributed by atoms with Crippen LogP contribution in [0.5, 0.6) is 0 Å². The van der Waals surface area contributed by atoms with Gasteiger partial charge < -0.3 is 15.0 Å². The molecule has 0 bridgehead atoms.